The standard InChI is InChI=1S/C73H88N8O17/c1-8-13-50-34-55-42-75-58-40-63(61(90-6)38-56(58)70(86)79(55)43-50)96-23-12-24-97-64-41-59-57(39-62(64)91-7)71(87)80-44-51(14-9-2)35-60(80)72(88)81(59)73(89)98-45-48-17-19-54(20-18-48)77-68(84)47(5)76-69(85)67(46(3)4)78-65(82)21-25-92-27-29-94-31-32-95-30-28-93-26-22-74-66(83)36-49-15-10-11-16-52-37-53(52)33-49/h8-11,13-20,33,37-44,46-47,49,55,60,67,72,88H,12,21-32,34-36,45H2,1-7H3,(H,74,83)(H,76,85)(H,77,84)(H,78,82)/b13-8+,14-9+,15-10?,16-11?,53-33?/t47-,49?,55-,60-,67-,72-/m0/s1. The first-order valence-electron chi connectivity index (χ1n) is 33.0. The molecular weight excluding hydrogens is 1260 g/mol. The second-order valence-corrected chi connectivity index (χ2v) is 24.2. The SMILES string of the molecule is C/C=C/C1=CN2C(=O)c3cc(OC)c(OCCCOc4cc5c(cc4OC)C(=O)N4C=C(/C=C/C)C[C@H]4[C@H](O)N5C(=O)OCc4ccc(NC(=O)[C@H](C)NC(=O)[C@@H](NC(=O)CCOCCOCCOCCOCCNC(=O)CC5C=CC=CC6=CC6=C5)C(C)C)cc4)cc3N=C[C@@H]2C1. The van der Waals surface area contributed by atoms with Crippen molar-refractivity contribution in [3.8, 4) is 23.0 Å². The first-order chi connectivity index (χ1) is 47.5. The van der Waals surface area contributed by atoms with Crippen molar-refractivity contribution >= 4 is 64.8 Å². The number of amides is 7. The van der Waals surface area contributed by atoms with Gasteiger partial charge in [-0.1, -0.05) is 80.7 Å². The highest BCUT2D eigenvalue weighted by Gasteiger charge is 2.46. The summed E-state index contributed by atoms with van der Waals surface area (Å²) in [5, 5.41) is 23.2. The van der Waals surface area contributed by atoms with Crippen LogP contribution in [0.5, 0.6) is 23.0 Å². The molecule has 9 rings (SSSR count). The summed E-state index contributed by atoms with van der Waals surface area (Å²) in [6.45, 7) is 11.7. The lowest BCUT2D eigenvalue weighted by Gasteiger charge is -2.31. The predicted octanol–water partition coefficient (Wildman–Crippen LogP) is 8.25. The first kappa shape index (κ1) is 72.6. The Hall–Kier alpha value is -9.66. The van der Waals surface area contributed by atoms with Crippen LogP contribution in [0.4, 0.5) is 21.9 Å². The van der Waals surface area contributed by atoms with Crippen molar-refractivity contribution in [1.82, 2.24) is 25.8 Å². The Balaban J connectivity index is 0.690. The molecule has 0 saturated carbocycles. The van der Waals surface area contributed by atoms with Gasteiger partial charge in [0.05, 0.1) is 115 Å². The van der Waals surface area contributed by atoms with Crippen LogP contribution in [0.15, 0.2) is 149 Å². The fraction of sp³-hybridized carbons (Fsp3) is 0.425. The molecule has 4 aliphatic heterocycles. The molecule has 0 spiro atoms. The van der Waals surface area contributed by atoms with E-state index in [9.17, 15) is 38.7 Å². The van der Waals surface area contributed by atoms with Crippen molar-refractivity contribution in [3.05, 3.63) is 161 Å². The second kappa shape index (κ2) is 35.5. The van der Waals surface area contributed by atoms with Gasteiger partial charge in [0, 0.05) is 68.2 Å². The Morgan fingerprint density at radius 2 is 1.33 bits per heavy atom. The summed E-state index contributed by atoms with van der Waals surface area (Å²) >= 11 is 0. The van der Waals surface area contributed by atoms with E-state index in [1.165, 1.54) is 49.3 Å². The van der Waals surface area contributed by atoms with Crippen LogP contribution < -0.4 is 45.1 Å². The molecule has 7 amide bonds. The number of hydrogen-bond acceptors (Lipinski definition) is 18. The maximum atomic E-state index is 14.4. The number of methoxy groups -OCH3 is 2. The number of benzene rings is 3. The minimum Gasteiger partial charge on any atom is -0.493 e. The number of carbonyl (C=O) groups is 7. The minimum atomic E-state index is -1.58. The van der Waals surface area contributed by atoms with Crippen molar-refractivity contribution in [2.75, 3.05) is 97.0 Å². The largest absolute Gasteiger partial charge is 0.493 e. The number of nitrogens with one attached hydrogen (secondary N) is 4. The Morgan fingerprint density at radius 3 is 2.00 bits per heavy atom. The monoisotopic (exact) mass is 1350 g/mol. The van der Waals surface area contributed by atoms with Crippen LogP contribution in [0.2, 0.25) is 0 Å². The van der Waals surface area contributed by atoms with Crippen LogP contribution in [-0.2, 0) is 49.5 Å². The molecule has 0 bridgehead atoms. The summed E-state index contributed by atoms with van der Waals surface area (Å²) in [4.78, 5) is 103. The Morgan fingerprint density at radius 1 is 0.694 bits per heavy atom. The lowest BCUT2D eigenvalue weighted by atomic mass is 10.0. The summed E-state index contributed by atoms with van der Waals surface area (Å²) in [5.74, 6) is -1.36. The van der Waals surface area contributed by atoms with E-state index in [1.807, 2.05) is 62.6 Å². The summed E-state index contributed by atoms with van der Waals surface area (Å²) in [6.07, 6.45) is 24.1. The highest BCUT2D eigenvalue weighted by molar-refractivity contribution is 6.07. The number of aliphatic hydroxyl groups excluding tert-OH is 1. The van der Waals surface area contributed by atoms with Gasteiger partial charge in [-0.15, -0.1) is 0 Å². The van der Waals surface area contributed by atoms with E-state index < -0.39 is 54.1 Å². The van der Waals surface area contributed by atoms with Gasteiger partial charge in [-0.05, 0) is 97.7 Å². The van der Waals surface area contributed by atoms with Gasteiger partial charge in [-0.25, -0.2) is 9.69 Å². The van der Waals surface area contributed by atoms with Gasteiger partial charge in [0.1, 0.15) is 18.7 Å². The van der Waals surface area contributed by atoms with Crippen molar-refractivity contribution in [2.24, 2.45) is 16.8 Å². The van der Waals surface area contributed by atoms with E-state index in [0.29, 0.717) is 92.8 Å². The molecule has 1 unspecified atom stereocenters. The zero-order chi connectivity index (χ0) is 69.7. The average Bonchev–Trinajstić information content (AvgIpc) is 1.58. The number of carbonyl (C=O) groups excluding carboxylic acids is 7. The summed E-state index contributed by atoms with van der Waals surface area (Å²) < 4.78 is 51.8. The maximum absolute atomic E-state index is 14.4. The fourth-order valence-electron chi connectivity index (χ4n) is 11.4. The maximum Gasteiger partial charge on any atom is 0.416 e. The number of hydrogen-bond donors (Lipinski definition) is 5. The zero-order valence-corrected chi connectivity index (χ0v) is 56.5. The van der Waals surface area contributed by atoms with Crippen molar-refractivity contribution in [1.29, 1.82) is 0 Å². The lowest BCUT2D eigenvalue weighted by molar-refractivity contribution is -0.132. The lowest BCUT2D eigenvalue weighted by Crippen LogP contribution is -2.53. The molecule has 0 aromatic heterocycles. The summed E-state index contributed by atoms with van der Waals surface area (Å²) in [6, 6.07) is 9.65. The smallest absolute Gasteiger partial charge is 0.416 e. The zero-order valence-electron chi connectivity index (χ0n) is 56.5. The number of fused-ring (bicyclic) bond motifs is 5. The van der Waals surface area contributed by atoms with Gasteiger partial charge in [0.2, 0.25) is 23.6 Å². The minimum absolute atomic E-state index is 0.00834. The van der Waals surface area contributed by atoms with Crippen molar-refractivity contribution in [2.45, 2.75) is 104 Å². The number of allylic oxidation sites excluding steroid dienone is 12. The van der Waals surface area contributed by atoms with Crippen LogP contribution in [0, 0.1) is 11.8 Å². The van der Waals surface area contributed by atoms with Crippen molar-refractivity contribution < 1.29 is 81.3 Å². The molecule has 98 heavy (non-hydrogen) atoms. The normalized spacial score (nSPS) is 18.7. The fourth-order valence-corrected chi connectivity index (χ4v) is 11.4. The van der Waals surface area contributed by atoms with Crippen LogP contribution in [-0.4, -0.2) is 180 Å². The Labute approximate surface area is 570 Å². The third kappa shape index (κ3) is 19.6. The van der Waals surface area contributed by atoms with Gasteiger partial charge in [0.15, 0.2) is 29.2 Å². The molecule has 4 heterocycles. The topological polar surface area (TPSA) is 293 Å². The molecule has 0 fully saturated rings. The van der Waals surface area contributed by atoms with Gasteiger partial charge in [0.25, 0.3) is 11.8 Å². The predicted molar refractivity (Wildman–Crippen MR) is 366 cm³/mol. The molecule has 2 aliphatic carbocycles. The number of anilines is 2. The molecule has 25 nitrogen and oxygen atoms in total. The van der Waals surface area contributed by atoms with Crippen LogP contribution in [0.3, 0.4) is 0 Å². The molecular formula is C73H88N8O17. The van der Waals surface area contributed by atoms with Gasteiger partial charge >= 0.3 is 6.09 Å². The number of ether oxygens (including phenoxy) is 9. The molecule has 25 heteroatoms. The van der Waals surface area contributed by atoms with Crippen LogP contribution >= 0.6 is 0 Å². The molecule has 6 aliphatic rings. The third-order valence-corrected chi connectivity index (χ3v) is 16.6. The van der Waals surface area contributed by atoms with Gasteiger partial charge in [-0.3, -0.25) is 33.8 Å². The van der Waals surface area contributed by atoms with E-state index in [0.717, 1.165) is 16.0 Å². The molecule has 0 radical (unpaired) electrons. The summed E-state index contributed by atoms with van der Waals surface area (Å²) in [7, 11) is 2.91. The Kier molecular flexibility index (Phi) is 26.3. The molecule has 5 N–H and O–H groups in total. The molecule has 522 valence electrons. The molecule has 6 atom stereocenters. The van der Waals surface area contributed by atoms with E-state index in [4.69, 9.17) is 42.6 Å². The quantitative estimate of drug-likeness (QED) is 0.0346. The first-order valence-corrected chi connectivity index (χ1v) is 33.0. The molecule has 0 saturated heterocycles. The van der Waals surface area contributed by atoms with Gasteiger partial charge < -0.3 is 78.8 Å². The van der Waals surface area contributed by atoms with Crippen molar-refractivity contribution in [3.63, 3.8) is 0 Å². The summed E-state index contributed by atoms with van der Waals surface area (Å²) in [5.41, 5.74) is 6.00. The highest BCUT2D eigenvalue weighted by Crippen LogP contribution is 2.43. The van der Waals surface area contributed by atoms with E-state index >= 15 is 0 Å². The average molecular weight is 1350 g/mol. The van der Waals surface area contributed by atoms with Gasteiger partial charge in [-0.2, -0.15) is 0 Å². The van der Waals surface area contributed by atoms with E-state index in [1.54, 1.807) is 67.6 Å². The number of rotatable bonds is 35. The molecule has 3 aromatic rings. The van der Waals surface area contributed by atoms with E-state index in [2.05, 4.69) is 44.5 Å². The highest BCUT2D eigenvalue weighted by atomic mass is 16.6. The molecule has 3 aromatic carbocycles. The second-order valence-electron chi connectivity index (χ2n) is 24.2. The number of aliphatic imine (C=N–C) groups is 1. The van der Waals surface area contributed by atoms with E-state index in [-0.39, 0.29) is 105 Å². The van der Waals surface area contributed by atoms with Crippen LogP contribution in [0.1, 0.15) is 93.0 Å². The van der Waals surface area contributed by atoms with Crippen LogP contribution in [0.25, 0.3) is 0 Å². The Bertz CT molecular complexity index is 3680. The third-order valence-electron chi connectivity index (χ3n) is 16.6. The number of aliphatic hydroxyl groups is 1. The number of nitrogens with zero attached hydrogens (tertiary/aromatic N) is 4.